The highest BCUT2D eigenvalue weighted by Crippen LogP contribution is 2.57. The molecule has 0 atom stereocenters. The predicted molar refractivity (Wildman–Crippen MR) is 266 cm³/mol. The number of hydrogen-bond donors (Lipinski definition) is 0. The predicted octanol–water partition coefficient (Wildman–Crippen LogP) is 16.5. The molecule has 10 aromatic carbocycles. The summed E-state index contributed by atoms with van der Waals surface area (Å²) >= 11 is 0. The molecular weight excluding hydrogens is 775 g/mol. The van der Waals surface area contributed by atoms with Crippen LogP contribution in [0.2, 0.25) is 0 Å². The first-order valence-corrected chi connectivity index (χ1v) is 22.3. The Morgan fingerprint density at radius 2 is 0.891 bits per heavy atom. The Bertz CT molecular complexity index is 3610. The molecule has 0 amide bonds. The molecule has 0 fully saturated rings. The van der Waals surface area contributed by atoms with E-state index in [-0.39, 0.29) is 5.41 Å². The first kappa shape index (κ1) is 36.7. The summed E-state index contributed by atoms with van der Waals surface area (Å²) in [4.78, 5) is 2.47. The van der Waals surface area contributed by atoms with Crippen molar-refractivity contribution in [2.24, 2.45) is 0 Å². The van der Waals surface area contributed by atoms with E-state index in [4.69, 9.17) is 4.42 Å². The smallest absolute Gasteiger partial charge is 0.136 e. The molecule has 2 aliphatic carbocycles. The number of anilines is 3. The van der Waals surface area contributed by atoms with Crippen LogP contribution in [0.4, 0.5) is 17.1 Å². The van der Waals surface area contributed by atoms with Gasteiger partial charge in [-0.1, -0.05) is 190 Å². The third-order valence-electron chi connectivity index (χ3n) is 14.3. The van der Waals surface area contributed by atoms with Gasteiger partial charge in [0.2, 0.25) is 0 Å². The maximum Gasteiger partial charge on any atom is 0.136 e. The monoisotopic (exact) mass is 817 g/mol. The van der Waals surface area contributed by atoms with Crippen LogP contribution in [-0.4, -0.2) is 0 Å². The molecular formula is C62H43NO. The third-order valence-corrected chi connectivity index (χ3v) is 14.3. The van der Waals surface area contributed by atoms with E-state index in [0.29, 0.717) is 0 Å². The van der Waals surface area contributed by atoms with Gasteiger partial charge in [-0.2, -0.15) is 0 Å². The molecule has 2 aliphatic rings. The summed E-state index contributed by atoms with van der Waals surface area (Å²) in [5.41, 5.74) is 19.6. The zero-order valence-electron chi connectivity index (χ0n) is 35.7. The molecule has 0 aliphatic heterocycles. The summed E-state index contributed by atoms with van der Waals surface area (Å²) in [6.45, 7) is 4.73. The minimum Gasteiger partial charge on any atom is -0.456 e. The van der Waals surface area contributed by atoms with Crippen LogP contribution >= 0.6 is 0 Å². The first-order chi connectivity index (χ1) is 31.5. The largest absolute Gasteiger partial charge is 0.456 e. The van der Waals surface area contributed by atoms with Crippen LogP contribution in [0.15, 0.2) is 229 Å². The minimum absolute atomic E-state index is 0.163. The second-order valence-corrected chi connectivity index (χ2v) is 18.0. The van der Waals surface area contributed by atoms with Crippen LogP contribution < -0.4 is 4.90 Å². The van der Waals surface area contributed by atoms with Gasteiger partial charge in [-0.05, 0) is 126 Å². The molecule has 0 radical (unpaired) electrons. The third kappa shape index (κ3) is 5.14. The Hall–Kier alpha value is -7.94. The van der Waals surface area contributed by atoms with Crippen LogP contribution in [0.25, 0.3) is 66.1 Å². The lowest BCUT2D eigenvalue weighted by Gasteiger charge is -2.35. The average molecular weight is 818 g/mol. The van der Waals surface area contributed by atoms with Gasteiger partial charge in [0, 0.05) is 33.2 Å². The Morgan fingerprint density at radius 1 is 0.344 bits per heavy atom. The van der Waals surface area contributed by atoms with Gasteiger partial charge in [0.15, 0.2) is 0 Å². The zero-order chi connectivity index (χ0) is 42.6. The topological polar surface area (TPSA) is 16.4 Å². The van der Waals surface area contributed by atoms with E-state index in [0.717, 1.165) is 39.0 Å². The van der Waals surface area contributed by atoms with E-state index >= 15 is 0 Å². The molecule has 0 bridgehead atoms. The Labute approximate surface area is 373 Å². The Kier molecular flexibility index (Phi) is 7.90. The van der Waals surface area contributed by atoms with Crippen molar-refractivity contribution in [2.45, 2.75) is 24.7 Å². The quantitative estimate of drug-likeness (QED) is 0.166. The lowest BCUT2D eigenvalue weighted by molar-refractivity contribution is 0.660. The molecule has 0 N–H and O–H groups in total. The number of hydrogen-bond acceptors (Lipinski definition) is 2. The standard InChI is InChI=1S/C62H43NO/c1-61(2)54-29-14-11-25-47(54)50-34-32-45(38-57(50)61)63(44-33-35-58-53(37-44)60-51-28-10-9-24-46(51)52(39-59(60)64-58)40-18-5-3-6-19-40)43-23-17-22-42(36-43)62(41-20-7-4-8-21-41)55-30-15-12-26-48(55)49-27-13-16-31-56(49)62/h3-39H,1-2H3. The van der Waals surface area contributed by atoms with Crippen molar-refractivity contribution in [3.63, 3.8) is 0 Å². The molecule has 1 heterocycles. The summed E-state index contributed by atoms with van der Waals surface area (Å²) in [6, 6.07) is 82.7. The normalized spacial score (nSPS) is 14.0. The maximum atomic E-state index is 6.79. The van der Waals surface area contributed by atoms with Gasteiger partial charge in [-0.15, -0.1) is 0 Å². The lowest BCUT2D eigenvalue weighted by atomic mass is 9.67. The highest BCUT2D eigenvalue weighted by Gasteiger charge is 2.46. The SMILES string of the molecule is CC1(C)c2ccccc2-c2ccc(N(c3cccc(C4(c5ccccc5)c5ccccc5-c5ccccc54)c3)c3ccc4oc5cc(-c6ccccc6)c6ccccc6c5c4c3)cc21. The second-order valence-electron chi connectivity index (χ2n) is 18.0. The summed E-state index contributed by atoms with van der Waals surface area (Å²) in [7, 11) is 0. The van der Waals surface area contributed by atoms with E-state index in [1.54, 1.807) is 0 Å². The molecule has 302 valence electrons. The van der Waals surface area contributed by atoms with Crippen molar-refractivity contribution in [2.75, 3.05) is 4.90 Å². The fourth-order valence-corrected chi connectivity index (χ4v) is 11.5. The number of nitrogens with zero attached hydrogens (tertiary/aromatic N) is 1. The first-order valence-electron chi connectivity index (χ1n) is 22.3. The summed E-state index contributed by atoms with van der Waals surface area (Å²) < 4.78 is 6.79. The molecule has 0 spiro atoms. The molecule has 0 unspecified atom stereocenters. The van der Waals surface area contributed by atoms with Crippen molar-refractivity contribution in [3.05, 3.63) is 258 Å². The number of fused-ring (bicyclic) bond motifs is 11. The van der Waals surface area contributed by atoms with Crippen molar-refractivity contribution in [1.82, 2.24) is 0 Å². The van der Waals surface area contributed by atoms with Crippen LogP contribution in [0.1, 0.15) is 47.2 Å². The van der Waals surface area contributed by atoms with Crippen molar-refractivity contribution >= 4 is 49.8 Å². The molecule has 0 saturated heterocycles. The minimum atomic E-state index is -0.530. The lowest BCUT2D eigenvalue weighted by Crippen LogP contribution is -2.28. The molecule has 64 heavy (non-hydrogen) atoms. The number of rotatable bonds is 6. The van der Waals surface area contributed by atoms with E-state index < -0.39 is 5.41 Å². The highest BCUT2D eigenvalue weighted by atomic mass is 16.3. The second kappa shape index (κ2) is 13.8. The van der Waals surface area contributed by atoms with Gasteiger partial charge >= 0.3 is 0 Å². The van der Waals surface area contributed by atoms with Gasteiger partial charge in [-0.3, -0.25) is 0 Å². The van der Waals surface area contributed by atoms with E-state index in [2.05, 4.69) is 243 Å². The van der Waals surface area contributed by atoms with Crippen LogP contribution in [-0.2, 0) is 10.8 Å². The molecule has 11 aromatic rings. The number of benzene rings is 10. The summed E-state index contributed by atoms with van der Waals surface area (Å²) in [6.07, 6.45) is 0. The van der Waals surface area contributed by atoms with Crippen molar-refractivity contribution in [3.8, 4) is 33.4 Å². The van der Waals surface area contributed by atoms with Crippen molar-refractivity contribution in [1.29, 1.82) is 0 Å². The fourth-order valence-electron chi connectivity index (χ4n) is 11.5. The number of furan rings is 1. The van der Waals surface area contributed by atoms with Gasteiger partial charge in [-0.25, -0.2) is 0 Å². The van der Waals surface area contributed by atoms with Crippen molar-refractivity contribution < 1.29 is 4.42 Å². The summed E-state index contributed by atoms with van der Waals surface area (Å²) in [5.74, 6) is 0. The van der Waals surface area contributed by atoms with E-state index in [9.17, 15) is 0 Å². The zero-order valence-corrected chi connectivity index (χ0v) is 35.7. The average Bonchev–Trinajstić information content (AvgIpc) is 3.95. The fraction of sp³-hybridized carbons (Fsp3) is 0.0645. The molecule has 0 saturated carbocycles. The van der Waals surface area contributed by atoms with Gasteiger partial charge in [0.05, 0.1) is 5.41 Å². The van der Waals surface area contributed by atoms with E-state index in [1.165, 1.54) is 77.5 Å². The van der Waals surface area contributed by atoms with Gasteiger partial charge in [0.25, 0.3) is 0 Å². The van der Waals surface area contributed by atoms with Crippen LogP contribution in [0.5, 0.6) is 0 Å². The van der Waals surface area contributed by atoms with E-state index in [1.807, 2.05) is 0 Å². The summed E-state index contributed by atoms with van der Waals surface area (Å²) in [5, 5.41) is 4.62. The molecule has 2 heteroatoms. The van der Waals surface area contributed by atoms with Gasteiger partial charge in [0.1, 0.15) is 11.2 Å². The Morgan fingerprint density at radius 3 is 1.62 bits per heavy atom. The van der Waals surface area contributed by atoms with Crippen LogP contribution in [0, 0.1) is 0 Å². The highest BCUT2D eigenvalue weighted by molar-refractivity contribution is 6.22. The van der Waals surface area contributed by atoms with Gasteiger partial charge < -0.3 is 9.32 Å². The maximum absolute atomic E-state index is 6.79. The van der Waals surface area contributed by atoms with Crippen LogP contribution in [0.3, 0.4) is 0 Å². The molecule has 13 rings (SSSR count). The molecule has 1 aromatic heterocycles. The molecule has 2 nitrogen and oxygen atoms in total. The Balaban J connectivity index is 1.07.